The van der Waals surface area contributed by atoms with Crippen LogP contribution in [0.3, 0.4) is 0 Å². The van der Waals surface area contributed by atoms with Crippen LogP contribution in [0, 0.1) is 0 Å². The van der Waals surface area contributed by atoms with Crippen LogP contribution in [-0.2, 0) is 16.1 Å². The molecule has 1 aromatic heterocycles. The van der Waals surface area contributed by atoms with Crippen LogP contribution in [0.25, 0.3) is 5.76 Å². The average Bonchev–Trinajstić information content (AvgIpc) is 2.56. The Labute approximate surface area is 141 Å². The third-order valence-corrected chi connectivity index (χ3v) is 3.18. The van der Waals surface area contributed by atoms with E-state index in [4.69, 9.17) is 0 Å². The molecule has 0 aliphatic carbocycles. The molecule has 0 spiro atoms. The number of pyridine rings is 1. The molecule has 1 heterocycles. The summed E-state index contributed by atoms with van der Waals surface area (Å²) in [4.78, 5) is 28.1. The Morgan fingerprint density at radius 2 is 2.17 bits per heavy atom. The highest BCUT2D eigenvalue weighted by atomic mass is 16.3. The molecule has 1 unspecified atom stereocenters. The minimum absolute atomic E-state index is 0.0171. The normalized spacial score (nSPS) is 11.4. The summed E-state index contributed by atoms with van der Waals surface area (Å²) < 4.78 is 0. The van der Waals surface area contributed by atoms with E-state index in [0.717, 1.165) is 0 Å². The molecule has 1 rings (SSSR count). The second-order valence-corrected chi connectivity index (χ2v) is 5.11. The molecule has 0 fully saturated rings. The van der Waals surface area contributed by atoms with Crippen LogP contribution >= 0.6 is 0 Å². The highest BCUT2D eigenvalue weighted by molar-refractivity contribution is 5.88. The van der Waals surface area contributed by atoms with Gasteiger partial charge in [-0.05, 0) is 19.1 Å². The fourth-order valence-corrected chi connectivity index (χ4v) is 1.99. The van der Waals surface area contributed by atoms with Crippen molar-refractivity contribution in [1.29, 1.82) is 0 Å². The lowest BCUT2D eigenvalue weighted by atomic mass is 10.1. The lowest BCUT2D eigenvalue weighted by molar-refractivity contribution is -0.128. The van der Waals surface area contributed by atoms with Gasteiger partial charge in [-0.3, -0.25) is 19.9 Å². The van der Waals surface area contributed by atoms with E-state index < -0.39 is 6.04 Å². The Morgan fingerprint density at radius 1 is 1.42 bits per heavy atom. The number of nitrogens with one attached hydrogen (secondary N) is 3. The van der Waals surface area contributed by atoms with Gasteiger partial charge in [-0.2, -0.15) is 0 Å². The maximum absolute atomic E-state index is 12.2. The monoisotopic (exact) mass is 332 g/mol. The van der Waals surface area contributed by atoms with E-state index in [9.17, 15) is 14.7 Å². The number of hydrogen-bond donors (Lipinski definition) is 4. The first-order valence-corrected chi connectivity index (χ1v) is 7.69. The Hall–Kier alpha value is -2.67. The average molecular weight is 332 g/mol. The van der Waals surface area contributed by atoms with E-state index in [-0.39, 0.29) is 30.5 Å². The van der Waals surface area contributed by atoms with E-state index in [1.54, 1.807) is 24.4 Å². The molecular formula is C17H24N4O3. The number of aromatic nitrogens is 1. The Morgan fingerprint density at radius 3 is 2.79 bits per heavy atom. The van der Waals surface area contributed by atoms with Crippen LogP contribution in [0.15, 0.2) is 37.6 Å². The first-order chi connectivity index (χ1) is 11.5. The van der Waals surface area contributed by atoms with Crippen LogP contribution in [-0.4, -0.2) is 41.0 Å². The third kappa shape index (κ3) is 6.62. The van der Waals surface area contributed by atoms with Gasteiger partial charge in [0.2, 0.25) is 11.8 Å². The van der Waals surface area contributed by atoms with Gasteiger partial charge in [-0.25, -0.2) is 0 Å². The number of aliphatic hydroxyl groups is 1. The fraction of sp³-hybridized carbons (Fsp3) is 0.353. The number of carbonyl (C=O) groups is 2. The van der Waals surface area contributed by atoms with Gasteiger partial charge in [-0.1, -0.05) is 12.7 Å². The summed E-state index contributed by atoms with van der Waals surface area (Å²) in [5.74, 6) is -0.556. The lowest BCUT2D eigenvalue weighted by Gasteiger charge is -2.17. The smallest absolute Gasteiger partial charge is 0.237 e. The summed E-state index contributed by atoms with van der Waals surface area (Å²) in [6.07, 6.45) is 3.13. The van der Waals surface area contributed by atoms with Crippen molar-refractivity contribution in [3.8, 4) is 0 Å². The molecule has 0 saturated heterocycles. The molecule has 4 N–H and O–H groups in total. The van der Waals surface area contributed by atoms with Crippen molar-refractivity contribution in [2.75, 3.05) is 13.1 Å². The summed E-state index contributed by atoms with van der Waals surface area (Å²) in [6.45, 7) is 9.92. The largest absolute Gasteiger partial charge is 0.508 e. The third-order valence-electron chi connectivity index (χ3n) is 3.18. The molecule has 0 aromatic carbocycles. The maximum Gasteiger partial charge on any atom is 0.237 e. The standard InChI is InChI=1S/C17H24N4O3/c1-4-7-20-17(24)15(10-16(23)18-5-2)21-11-14-9-13(12(3)22)6-8-19-14/h4,6,8-9,15,21-22H,1,3,5,7,10-11H2,2H3,(H,18,23)(H,20,24). The van der Waals surface area contributed by atoms with E-state index >= 15 is 0 Å². The number of rotatable bonds is 10. The molecule has 7 heteroatoms. The van der Waals surface area contributed by atoms with Gasteiger partial charge in [0.1, 0.15) is 5.76 Å². The predicted molar refractivity (Wildman–Crippen MR) is 93.0 cm³/mol. The Bertz CT molecular complexity index is 601. The minimum Gasteiger partial charge on any atom is -0.508 e. The quantitative estimate of drug-likeness (QED) is 0.376. The highest BCUT2D eigenvalue weighted by Gasteiger charge is 2.21. The van der Waals surface area contributed by atoms with Crippen LogP contribution in [0.2, 0.25) is 0 Å². The molecule has 24 heavy (non-hydrogen) atoms. The van der Waals surface area contributed by atoms with E-state index in [2.05, 4.69) is 34.1 Å². The van der Waals surface area contributed by atoms with Crippen molar-refractivity contribution < 1.29 is 14.7 Å². The summed E-state index contributed by atoms with van der Waals surface area (Å²) in [6, 6.07) is 2.61. The van der Waals surface area contributed by atoms with Crippen molar-refractivity contribution in [3.63, 3.8) is 0 Å². The molecule has 0 aliphatic rings. The van der Waals surface area contributed by atoms with Gasteiger partial charge in [0.25, 0.3) is 0 Å². The van der Waals surface area contributed by atoms with Crippen LogP contribution in [0.1, 0.15) is 24.6 Å². The zero-order valence-electron chi connectivity index (χ0n) is 13.8. The maximum atomic E-state index is 12.2. The summed E-state index contributed by atoms with van der Waals surface area (Å²) in [7, 11) is 0. The number of amides is 2. The second kappa shape index (κ2) is 10.2. The van der Waals surface area contributed by atoms with Gasteiger partial charge in [-0.15, -0.1) is 6.58 Å². The zero-order valence-corrected chi connectivity index (χ0v) is 13.8. The molecular weight excluding hydrogens is 308 g/mol. The van der Waals surface area contributed by atoms with Gasteiger partial charge in [0.15, 0.2) is 0 Å². The van der Waals surface area contributed by atoms with Gasteiger partial charge in [0, 0.05) is 31.4 Å². The lowest BCUT2D eigenvalue weighted by Crippen LogP contribution is -2.46. The fourth-order valence-electron chi connectivity index (χ4n) is 1.99. The van der Waals surface area contributed by atoms with Crippen LogP contribution in [0.5, 0.6) is 0 Å². The van der Waals surface area contributed by atoms with E-state index in [1.807, 2.05) is 6.92 Å². The molecule has 1 aromatic rings. The topological polar surface area (TPSA) is 103 Å². The molecule has 1 atom stereocenters. The Balaban J connectivity index is 2.74. The van der Waals surface area contributed by atoms with Crippen LogP contribution in [0.4, 0.5) is 0 Å². The molecule has 0 radical (unpaired) electrons. The SMILES string of the molecule is C=CCNC(=O)C(CC(=O)NCC)NCc1cc(C(=C)O)ccn1. The number of carbonyl (C=O) groups excluding carboxylic acids is 2. The number of aliphatic hydroxyl groups excluding tert-OH is 1. The number of nitrogens with zero attached hydrogens (tertiary/aromatic N) is 1. The molecule has 0 aliphatic heterocycles. The van der Waals surface area contributed by atoms with E-state index in [1.165, 1.54) is 0 Å². The van der Waals surface area contributed by atoms with Crippen molar-refractivity contribution in [3.05, 3.63) is 48.8 Å². The van der Waals surface area contributed by atoms with Gasteiger partial charge < -0.3 is 15.7 Å². The van der Waals surface area contributed by atoms with Crippen molar-refractivity contribution in [1.82, 2.24) is 20.9 Å². The first kappa shape index (κ1) is 19.4. The molecule has 7 nitrogen and oxygen atoms in total. The summed E-state index contributed by atoms with van der Waals surface area (Å²) in [5.41, 5.74) is 1.18. The van der Waals surface area contributed by atoms with Crippen molar-refractivity contribution in [2.24, 2.45) is 0 Å². The second-order valence-electron chi connectivity index (χ2n) is 5.11. The summed E-state index contributed by atoms with van der Waals surface area (Å²) in [5, 5.41) is 17.8. The number of hydrogen-bond acceptors (Lipinski definition) is 5. The Kier molecular flexibility index (Phi) is 8.21. The minimum atomic E-state index is -0.695. The summed E-state index contributed by atoms with van der Waals surface area (Å²) >= 11 is 0. The molecule has 2 amide bonds. The highest BCUT2D eigenvalue weighted by Crippen LogP contribution is 2.09. The van der Waals surface area contributed by atoms with Crippen molar-refractivity contribution in [2.45, 2.75) is 25.9 Å². The predicted octanol–water partition coefficient (Wildman–Crippen LogP) is 0.897. The molecule has 0 bridgehead atoms. The van der Waals surface area contributed by atoms with Crippen LogP contribution < -0.4 is 16.0 Å². The van der Waals surface area contributed by atoms with Crippen molar-refractivity contribution >= 4 is 17.6 Å². The van der Waals surface area contributed by atoms with Gasteiger partial charge in [0.05, 0.1) is 18.2 Å². The van der Waals surface area contributed by atoms with Gasteiger partial charge >= 0.3 is 0 Å². The zero-order chi connectivity index (χ0) is 17.9. The molecule has 0 saturated carbocycles. The first-order valence-electron chi connectivity index (χ1n) is 7.69. The molecule has 130 valence electrons. The van der Waals surface area contributed by atoms with E-state index in [0.29, 0.717) is 24.3 Å².